The van der Waals surface area contributed by atoms with Crippen LogP contribution in [0.5, 0.6) is 11.5 Å². The maximum Gasteiger partial charge on any atom is 0.264 e. The molecule has 2 aliphatic heterocycles. The van der Waals surface area contributed by atoms with E-state index in [9.17, 15) is 4.79 Å². The number of thioether (sulfide) groups is 1. The third kappa shape index (κ3) is 4.39. The van der Waals surface area contributed by atoms with E-state index >= 15 is 0 Å². The molecule has 0 saturated carbocycles. The summed E-state index contributed by atoms with van der Waals surface area (Å²) < 4.78 is 17.0. The summed E-state index contributed by atoms with van der Waals surface area (Å²) in [7, 11) is 0. The fourth-order valence-corrected chi connectivity index (χ4v) is 4.62. The van der Waals surface area contributed by atoms with Gasteiger partial charge in [-0.1, -0.05) is 30.3 Å². The van der Waals surface area contributed by atoms with Crippen molar-refractivity contribution in [3.63, 3.8) is 0 Å². The van der Waals surface area contributed by atoms with Crippen molar-refractivity contribution in [2.75, 3.05) is 26.4 Å². The van der Waals surface area contributed by atoms with Gasteiger partial charge in [0.05, 0.1) is 0 Å². The molecule has 2 aromatic carbocycles. The number of amides is 1. The first-order valence-corrected chi connectivity index (χ1v) is 10.0. The number of fused-ring (bicyclic) bond motifs is 1. The van der Waals surface area contributed by atoms with Crippen molar-refractivity contribution in [2.24, 2.45) is 0 Å². The van der Waals surface area contributed by atoms with E-state index in [1.165, 1.54) is 4.90 Å². The van der Waals surface area contributed by atoms with Crippen LogP contribution in [0.2, 0.25) is 0 Å². The predicted molar refractivity (Wildman–Crippen MR) is 104 cm³/mol. The summed E-state index contributed by atoms with van der Waals surface area (Å²) in [5.74, 6) is 1.16. The Morgan fingerprint density at radius 2 is 1.74 bits per heavy atom. The molecule has 0 bridgehead atoms. The second kappa shape index (κ2) is 8.23. The molecule has 2 aromatic rings. The molecule has 1 N–H and O–H groups in total. The summed E-state index contributed by atoms with van der Waals surface area (Å²) in [5.41, 5.74) is 0. The fourth-order valence-electron chi connectivity index (χ4n) is 3.31. The molecule has 5 nitrogen and oxygen atoms in total. The van der Waals surface area contributed by atoms with Crippen LogP contribution in [-0.4, -0.2) is 43.1 Å². The highest BCUT2D eigenvalue weighted by atomic mass is 32.2. The monoisotopic (exact) mass is 385 g/mol. The first kappa shape index (κ1) is 18.2. The molecule has 6 heteroatoms. The van der Waals surface area contributed by atoms with Crippen LogP contribution < -0.4 is 14.8 Å². The van der Waals surface area contributed by atoms with Gasteiger partial charge < -0.3 is 19.5 Å². The van der Waals surface area contributed by atoms with Gasteiger partial charge in [0, 0.05) is 29.4 Å². The molecule has 0 aliphatic carbocycles. The van der Waals surface area contributed by atoms with Crippen LogP contribution in [-0.2, 0) is 9.53 Å². The molecule has 27 heavy (non-hydrogen) atoms. The lowest BCUT2D eigenvalue weighted by Crippen LogP contribution is -2.50. The average Bonchev–Trinajstić information content (AvgIpc) is 2.73. The van der Waals surface area contributed by atoms with Crippen LogP contribution in [0.3, 0.4) is 0 Å². The molecule has 2 aliphatic rings. The number of nitrogens with one attached hydrogen (secondary N) is 1. The van der Waals surface area contributed by atoms with Crippen LogP contribution in [0.25, 0.3) is 0 Å². The molecular formula is C21H23NO4S. The molecule has 1 atom stereocenters. The van der Waals surface area contributed by atoms with Gasteiger partial charge in [-0.05, 0) is 37.1 Å². The summed E-state index contributed by atoms with van der Waals surface area (Å²) in [6, 6.07) is 17.7. The van der Waals surface area contributed by atoms with E-state index in [1.54, 1.807) is 0 Å². The number of hydrogen-bond acceptors (Lipinski definition) is 5. The Balaban J connectivity index is 1.40. The molecule has 1 fully saturated rings. The van der Waals surface area contributed by atoms with Crippen LogP contribution >= 0.6 is 11.8 Å². The second-order valence-electron chi connectivity index (χ2n) is 6.79. The molecular weight excluding hydrogens is 362 g/mol. The van der Waals surface area contributed by atoms with Crippen LogP contribution in [0.1, 0.15) is 12.8 Å². The smallest absolute Gasteiger partial charge is 0.264 e. The first-order valence-electron chi connectivity index (χ1n) is 9.22. The van der Waals surface area contributed by atoms with Crippen LogP contribution in [0.4, 0.5) is 0 Å². The van der Waals surface area contributed by atoms with E-state index in [-0.39, 0.29) is 17.3 Å². The number of benzene rings is 2. The topological polar surface area (TPSA) is 56.8 Å². The third-order valence-corrected chi connectivity index (χ3v) is 6.36. The molecule has 1 amide bonds. The molecule has 142 valence electrons. The highest BCUT2D eigenvalue weighted by molar-refractivity contribution is 8.00. The van der Waals surface area contributed by atoms with Crippen molar-refractivity contribution in [1.82, 2.24) is 5.32 Å². The normalized spacial score (nSPS) is 20.7. The number of para-hydroxylation sites is 2. The number of carbonyl (C=O) groups excluding carboxylic acids is 1. The van der Waals surface area contributed by atoms with E-state index in [2.05, 4.69) is 17.4 Å². The van der Waals surface area contributed by atoms with Gasteiger partial charge >= 0.3 is 0 Å². The van der Waals surface area contributed by atoms with E-state index < -0.39 is 6.10 Å². The zero-order valence-corrected chi connectivity index (χ0v) is 15.9. The van der Waals surface area contributed by atoms with Crippen LogP contribution in [0, 0.1) is 0 Å². The van der Waals surface area contributed by atoms with Gasteiger partial charge in [0.25, 0.3) is 5.91 Å². The van der Waals surface area contributed by atoms with Crippen molar-refractivity contribution in [2.45, 2.75) is 28.6 Å². The van der Waals surface area contributed by atoms with Gasteiger partial charge in [0.15, 0.2) is 11.5 Å². The summed E-state index contributed by atoms with van der Waals surface area (Å²) in [4.78, 5) is 13.9. The number of hydrogen-bond donors (Lipinski definition) is 1. The summed E-state index contributed by atoms with van der Waals surface area (Å²) in [5, 5.41) is 3.09. The lowest BCUT2D eigenvalue weighted by Gasteiger charge is -2.37. The van der Waals surface area contributed by atoms with E-state index in [4.69, 9.17) is 14.2 Å². The van der Waals surface area contributed by atoms with E-state index in [1.807, 2.05) is 54.2 Å². The Hall–Kier alpha value is -2.18. The SMILES string of the molecule is O=C(NCC1(Sc2ccccc2)CCOCC1)[C@H]1COc2ccccc2O1. The van der Waals surface area contributed by atoms with Gasteiger partial charge in [-0.3, -0.25) is 4.79 Å². The predicted octanol–water partition coefficient (Wildman–Crippen LogP) is 3.28. The first-order chi connectivity index (χ1) is 13.2. The number of carbonyl (C=O) groups is 1. The quantitative estimate of drug-likeness (QED) is 0.856. The van der Waals surface area contributed by atoms with E-state index in [0.29, 0.717) is 31.3 Å². The third-order valence-electron chi connectivity index (χ3n) is 4.87. The summed E-state index contributed by atoms with van der Waals surface area (Å²) >= 11 is 1.82. The Bertz CT molecular complexity index is 777. The zero-order valence-electron chi connectivity index (χ0n) is 15.1. The highest BCUT2D eigenvalue weighted by Crippen LogP contribution is 2.40. The highest BCUT2D eigenvalue weighted by Gasteiger charge is 2.36. The molecule has 1 saturated heterocycles. The van der Waals surface area contributed by atoms with Gasteiger partial charge in [0.1, 0.15) is 6.61 Å². The van der Waals surface area contributed by atoms with Crippen LogP contribution in [0.15, 0.2) is 59.5 Å². The standard InChI is InChI=1S/C21H23NO4S/c23-20(19-14-25-17-8-4-5-9-18(17)26-19)22-15-21(10-12-24-13-11-21)27-16-6-2-1-3-7-16/h1-9,19H,10-15H2,(H,22,23)/t19-/m1/s1. The van der Waals surface area contributed by atoms with Crippen molar-refractivity contribution < 1.29 is 19.0 Å². The molecule has 0 aromatic heterocycles. The van der Waals surface area contributed by atoms with Gasteiger partial charge in [-0.15, -0.1) is 11.8 Å². The second-order valence-corrected chi connectivity index (χ2v) is 8.33. The van der Waals surface area contributed by atoms with Crippen molar-refractivity contribution in [3.05, 3.63) is 54.6 Å². The van der Waals surface area contributed by atoms with Crippen molar-refractivity contribution in [1.29, 1.82) is 0 Å². The number of ether oxygens (including phenoxy) is 3. The Morgan fingerprint density at radius 3 is 2.52 bits per heavy atom. The largest absolute Gasteiger partial charge is 0.485 e. The minimum atomic E-state index is -0.626. The number of rotatable bonds is 5. The molecule has 2 heterocycles. The minimum absolute atomic E-state index is 0.0668. The lowest BCUT2D eigenvalue weighted by atomic mass is 9.99. The Morgan fingerprint density at radius 1 is 1.04 bits per heavy atom. The molecule has 0 spiro atoms. The molecule has 0 unspecified atom stereocenters. The fraction of sp³-hybridized carbons (Fsp3) is 0.381. The average molecular weight is 385 g/mol. The maximum atomic E-state index is 12.7. The lowest BCUT2D eigenvalue weighted by molar-refractivity contribution is -0.130. The van der Waals surface area contributed by atoms with Gasteiger partial charge in [0.2, 0.25) is 6.10 Å². The summed E-state index contributed by atoms with van der Waals surface area (Å²) in [6.45, 7) is 2.24. The van der Waals surface area contributed by atoms with E-state index in [0.717, 1.165) is 12.8 Å². The maximum absolute atomic E-state index is 12.7. The van der Waals surface area contributed by atoms with Crippen molar-refractivity contribution >= 4 is 17.7 Å². The summed E-state index contributed by atoms with van der Waals surface area (Å²) in [6.07, 6.45) is 1.17. The molecule has 0 radical (unpaired) electrons. The Labute approximate surface area is 163 Å². The zero-order chi connectivity index (χ0) is 18.5. The minimum Gasteiger partial charge on any atom is -0.485 e. The van der Waals surface area contributed by atoms with Crippen molar-refractivity contribution in [3.8, 4) is 11.5 Å². The van der Waals surface area contributed by atoms with Gasteiger partial charge in [-0.2, -0.15) is 0 Å². The van der Waals surface area contributed by atoms with Gasteiger partial charge in [-0.25, -0.2) is 0 Å². The molecule has 4 rings (SSSR count). The Kier molecular flexibility index (Phi) is 5.55.